The summed E-state index contributed by atoms with van der Waals surface area (Å²) in [6.45, 7) is 4.49. The van der Waals surface area contributed by atoms with E-state index in [1.54, 1.807) is 14.2 Å². The molecule has 0 spiro atoms. The number of piperidine rings is 1. The number of likely N-dealkylation sites (tertiary alicyclic amines) is 1. The number of ether oxygens (including phenoxy) is 2. The number of hydrogen-bond acceptors (Lipinski definition) is 8. The average Bonchev–Trinajstić information content (AvgIpc) is 3.67. The lowest BCUT2D eigenvalue weighted by atomic mass is 10.1. The molecule has 0 bridgehead atoms. The van der Waals surface area contributed by atoms with E-state index in [0.717, 1.165) is 77.6 Å². The lowest BCUT2D eigenvalue weighted by Crippen LogP contribution is -2.40. The molecule has 1 aliphatic heterocycles. The summed E-state index contributed by atoms with van der Waals surface area (Å²) < 4.78 is 13.1. The largest absolute Gasteiger partial charge is 0.497 e. The van der Waals surface area contributed by atoms with Gasteiger partial charge in [0.15, 0.2) is 0 Å². The van der Waals surface area contributed by atoms with Crippen molar-refractivity contribution in [2.24, 2.45) is 5.92 Å². The van der Waals surface area contributed by atoms with E-state index in [1.165, 1.54) is 12.8 Å². The standard InChI is InChI=1S/C30H36N6O3/c1-20(37)34-10-8-23(9-11-34)36-19-22(16-32-36)30-17-31-28-7-6-24(14-29(28)33-30)35(18-21-4-5-21)25-12-26(38-2)15-27(13-25)39-3/h6-7,12-17,19-21,23,37H,4-5,8-11,18H2,1-3H3/t20-/m1/s1. The van der Waals surface area contributed by atoms with Crippen LogP contribution >= 0.6 is 0 Å². The van der Waals surface area contributed by atoms with Crippen molar-refractivity contribution in [3.63, 3.8) is 0 Å². The Morgan fingerprint density at radius 3 is 2.36 bits per heavy atom. The summed E-state index contributed by atoms with van der Waals surface area (Å²) in [6, 6.07) is 12.6. The summed E-state index contributed by atoms with van der Waals surface area (Å²) in [5.41, 5.74) is 5.57. The number of aliphatic hydroxyl groups excluding tert-OH is 1. The molecule has 6 rings (SSSR count). The van der Waals surface area contributed by atoms with Gasteiger partial charge in [-0.05, 0) is 56.7 Å². The Morgan fingerprint density at radius 1 is 0.949 bits per heavy atom. The molecule has 1 atom stereocenters. The maximum Gasteiger partial charge on any atom is 0.124 e. The summed E-state index contributed by atoms with van der Waals surface area (Å²) in [7, 11) is 3.36. The second-order valence-corrected chi connectivity index (χ2v) is 10.7. The first kappa shape index (κ1) is 25.6. The number of nitrogens with zero attached hydrogens (tertiary/aromatic N) is 6. The molecular weight excluding hydrogens is 492 g/mol. The average molecular weight is 529 g/mol. The molecule has 4 aromatic rings. The molecule has 0 unspecified atom stereocenters. The number of hydrogen-bond donors (Lipinski definition) is 1. The summed E-state index contributed by atoms with van der Waals surface area (Å²) >= 11 is 0. The van der Waals surface area contributed by atoms with Crippen molar-refractivity contribution in [3.05, 3.63) is 55.0 Å². The third-order valence-electron chi connectivity index (χ3n) is 7.92. The molecule has 1 saturated heterocycles. The fourth-order valence-electron chi connectivity index (χ4n) is 5.37. The Balaban J connectivity index is 1.29. The minimum absolute atomic E-state index is 0.324. The van der Waals surface area contributed by atoms with Crippen molar-refractivity contribution in [3.8, 4) is 22.8 Å². The monoisotopic (exact) mass is 528 g/mol. The fourth-order valence-corrected chi connectivity index (χ4v) is 5.37. The van der Waals surface area contributed by atoms with E-state index < -0.39 is 6.23 Å². The normalized spacial score (nSPS) is 17.3. The van der Waals surface area contributed by atoms with Crippen LogP contribution in [-0.2, 0) is 0 Å². The molecule has 3 heterocycles. The lowest BCUT2D eigenvalue weighted by Gasteiger charge is -2.33. The number of anilines is 2. The number of methoxy groups -OCH3 is 2. The van der Waals surface area contributed by atoms with Gasteiger partial charge in [0, 0.05) is 61.0 Å². The summed E-state index contributed by atoms with van der Waals surface area (Å²) in [6.07, 6.45) is 9.80. The lowest BCUT2D eigenvalue weighted by molar-refractivity contribution is -0.00286. The van der Waals surface area contributed by atoms with Gasteiger partial charge in [-0.3, -0.25) is 14.6 Å². The van der Waals surface area contributed by atoms with Gasteiger partial charge in [-0.2, -0.15) is 5.10 Å². The first-order valence-electron chi connectivity index (χ1n) is 13.7. The number of rotatable bonds is 9. The highest BCUT2D eigenvalue weighted by molar-refractivity contribution is 5.82. The molecule has 2 aromatic carbocycles. The van der Waals surface area contributed by atoms with Gasteiger partial charge < -0.3 is 19.5 Å². The van der Waals surface area contributed by atoms with Crippen LogP contribution in [0.3, 0.4) is 0 Å². The van der Waals surface area contributed by atoms with Crippen LogP contribution in [0.1, 0.15) is 38.6 Å². The van der Waals surface area contributed by atoms with Gasteiger partial charge in [0.05, 0.1) is 49.4 Å². The third-order valence-corrected chi connectivity index (χ3v) is 7.92. The molecule has 9 heteroatoms. The highest BCUT2D eigenvalue weighted by atomic mass is 16.5. The SMILES string of the molecule is COc1cc(OC)cc(N(CC2CC2)c2ccc3ncc(-c4cnn(C5CCN([C@@H](C)O)CC5)c4)nc3c2)c1. The first-order chi connectivity index (χ1) is 19.0. The Morgan fingerprint density at radius 2 is 1.69 bits per heavy atom. The zero-order valence-corrected chi connectivity index (χ0v) is 22.8. The molecule has 2 aliphatic rings. The van der Waals surface area contributed by atoms with Gasteiger partial charge in [0.25, 0.3) is 0 Å². The smallest absolute Gasteiger partial charge is 0.124 e. The van der Waals surface area contributed by atoms with Gasteiger partial charge in [-0.25, -0.2) is 4.98 Å². The Labute approximate surface area is 229 Å². The van der Waals surface area contributed by atoms with Crippen LogP contribution in [0.4, 0.5) is 11.4 Å². The van der Waals surface area contributed by atoms with E-state index in [4.69, 9.17) is 19.4 Å². The Bertz CT molecular complexity index is 1420. The molecule has 1 N–H and O–H groups in total. The minimum atomic E-state index is -0.400. The van der Waals surface area contributed by atoms with E-state index in [9.17, 15) is 5.11 Å². The van der Waals surface area contributed by atoms with Crippen LogP contribution in [0, 0.1) is 5.92 Å². The Kier molecular flexibility index (Phi) is 7.10. The topological polar surface area (TPSA) is 88.8 Å². The number of benzene rings is 2. The zero-order valence-electron chi connectivity index (χ0n) is 22.8. The van der Waals surface area contributed by atoms with Crippen LogP contribution in [0.2, 0.25) is 0 Å². The van der Waals surface area contributed by atoms with Gasteiger partial charge >= 0.3 is 0 Å². The highest BCUT2D eigenvalue weighted by Gasteiger charge is 2.27. The van der Waals surface area contributed by atoms with Crippen molar-refractivity contribution in [2.45, 2.75) is 44.9 Å². The molecule has 2 fully saturated rings. The molecule has 1 aliphatic carbocycles. The van der Waals surface area contributed by atoms with Crippen molar-refractivity contribution >= 4 is 22.4 Å². The van der Waals surface area contributed by atoms with Crippen LogP contribution in [0.5, 0.6) is 11.5 Å². The van der Waals surface area contributed by atoms with Crippen molar-refractivity contribution < 1.29 is 14.6 Å². The summed E-state index contributed by atoms with van der Waals surface area (Å²) in [5.74, 6) is 2.21. The van der Waals surface area contributed by atoms with Gasteiger partial charge in [-0.1, -0.05) is 0 Å². The fraction of sp³-hybridized carbons (Fsp3) is 0.433. The number of aliphatic hydroxyl groups is 1. The van der Waals surface area contributed by atoms with Gasteiger partial charge in [0.2, 0.25) is 0 Å². The van der Waals surface area contributed by atoms with Crippen LogP contribution in [0.15, 0.2) is 55.0 Å². The molecule has 2 aromatic heterocycles. The van der Waals surface area contributed by atoms with E-state index in [0.29, 0.717) is 12.0 Å². The molecule has 9 nitrogen and oxygen atoms in total. The molecule has 204 valence electrons. The maximum atomic E-state index is 9.86. The van der Waals surface area contributed by atoms with E-state index >= 15 is 0 Å². The second kappa shape index (κ2) is 10.8. The molecular formula is C30H36N6O3. The van der Waals surface area contributed by atoms with Gasteiger partial charge in [-0.15, -0.1) is 0 Å². The number of aromatic nitrogens is 4. The molecule has 0 radical (unpaired) electrons. The van der Waals surface area contributed by atoms with E-state index in [2.05, 4.69) is 45.4 Å². The van der Waals surface area contributed by atoms with Gasteiger partial charge in [0.1, 0.15) is 17.7 Å². The van der Waals surface area contributed by atoms with Crippen LogP contribution in [-0.4, -0.2) is 69.8 Å². The predicted molar refractivity (Wildman–Crippen MR) is 152 cm³/mol. The third kappa shape index (κ3) is 5.55. The van der Waals surface area contributed by atoms with E-state index in [-0.39, 0.29) is 0 Å². The van der Waals surface area contributed by atoms with Crippen LogP contribution in [0.25, 0.3) is 22.3 Å². The molecule has 39 heavy (non-hydrogen) atoms. The van der Waals surface area contributed by atoms with Crippen molar-refractivity contribution in [2.75, 3.05) is 38.8 Å². The van der Waals surface area contributed by atoms with Crippen LogP contribution < -0.4 is 14.4 Å². The predicted octanol–water partition coefficient (Wildman–Crippen LogP) is 5.03. The first-order valence-corrected chi connectivity index (χ1v) is 13.7. The molecule has 0 amide bonds. The second-order valence-electron chi connectivity index (χ2n) is 10.7. The highest BCUT2D eigenvalue weighted by Crippen LogP contribution is 2.39. The van der Waals surface area contributed by atoms with E-state index in [1.807, 2.05) is 36.1 Å². The quantitative estimate of drug-likeness (QED) is 0.324. The molecule has 1 saturated carbocycles. The maximum absolute atomic E-state index is 9.86. The summed E-state index contributed by atoms with van der Waals surface area (Å²) in [5, 5.41) is 14.5. The summed E-state index contributed by atoms with van der Waals surface area (Å²) in [4.78, 5) is 14.1. The van der Waals surface area contributed by atoms with Crippen molar-refractivity contribution in [1.29, 1.82) is 0 Å². The van der Waals surface area contributed by atoms with Crippen molar-refractivity contribution in [1.82, 2.24) is 24.6 Å². The minimum Gasteiger partial charge on any atom is -0.497 e. The zero-order chi connectivity index (χ0) is 26.9. The Hall–Kier alpha value is -3.69. The number of fused-ring (bicyclic) bond motifs is 1.